The first kappa shape index (κ1) is 14.0. The van der Waals surface area contributed by atoms with Gasteiger partial charge in [-0.1, -0.05) is 0 Å². The summed E-state index contributed by atoms with van der Waals surface area (Å²) in [6, 6.07) is 6.51. The van der Waals surface area contributed by atoms with Crippen LogP contribution in [0.4, 0.5) is 5.69 Å². The summed E-state index contributed by atoms with van der Waals surface area (Å²) < 4.78 is 5.65. The van der Waals surface area contributed by atoms with Gasteiger partial charge in [0.2, 0.25) is 5.88 Å². The van der Waals surface area contributed by atoms with Gasteiger partial charge in [0.25, 0.3) is 5.69 Å². The average Bonchev–Trinajstić information content (AvgIpc) is 2.40. The predicted molar refractivity (Wildman–Crippen MR) is 74.8 cm³/mol. The number of aryl methyl sites for hydroxylation is 2. The van der Waals surface area contributed by atoms with Crippen molar-refractivity contribution in [3.05, 3.63) is 57.3 Å². The molecule has 0 saturated heterocycles. The summed E-state index contributed by atoms with van der Waals surface area (Å²) in [4.78, 5) is 14.5. The standard InChI is InChI=1S/C14H15N3O3/c1-9-6-12(3-4-13(9)17(18)19)20-14-10(2)5-11(7-15)8-16-14/h3-6,8H,7,15H2,1-2H3. The van der Waals surface area contributed by atoms with Crippen molar-refractivity contribution in [3.8, 4) is 11.6 Å². The third kappa shape index (κ3) is 2.92. The fourth-order valence-electron chi connectivity index (χ4n) is 1.85. The maximum Gasteiger partial charge on any atom is 0.272 e. The molecule has 104 valence electrons. The summed E-state index contributed by atoms with van der Waals surface area (Å²) in [6.45, 7) is 3.97. The molecule has 0 spiro atoms. The Morgan fingerprint density at radius 2 is 2.05 bits per heavy atom. The molecule has 2 N–H and O–H groups in total. The smallest absolute Gasteiger partial charge is 0.272 e. The quantitative estimate of drug-likeness (QED) is 0.683. The molecule has 6 heteroatoms. The molecular weight excluding hydrogens is 258 g/mol. The zero-order valence-corrected chi connectivity index (χ0v) is 11.3. The molecule has 20 heavy (non-hydrogen) atoms. The van der Waals surface area contributed by atoms with Crippen LogP contribution in [-0.2, 0) is 6.54 Å². The predicted octanol–water partition coefficient (Wildman–Crippen LogP) is 2.86. The second-order valence-corrected chi connectivity index (χ2v) is 4.48. The Balaban J connectivity index is 2.26. The first-order valence-corrected chi connectivity index (χ1v) is 6.09. The van der Waals surface area contributed by atoms with E-state index in [-0.39, 0.29) is 5.69 Å². The molecule has 2 aromatic rings. The van der Waals surface area contributed by atoms with E-state index in [1.807, 2.05) is 13.0 Å². The topological polar surface area (TPSA) is 91.3 Å². The summed E-state index contributed by atoms with van der Waals surface area (Å²) in [5, 5.41) is 10.8. The highest BCUT2D eigenvalue weighted by atomic mass is 16.6. The molecule has 0 amide bonds. The van der Waals surface area contributed by atoms with Crippen LogP contribution in [0.15, 0.2) is 30.5 Å². The highest BCUT2D eigenvalue weighted by Crippen LogP contribution is 2.27. The van der Waals surface area contributed by atoms with Crippen LogP contribution in [0.25, 0.3) is 0 Å². The van der Waals surface area contributed by atoms with E-state index in [0.717, 1.165) is 11.1 Å². The van der Waals surface area contributed by atoms with Gasteiger partial charge >= 0.3 is 0 Å². The fraction of sp³-hybridized carbons (Fsp3) is 0.214. The van der Waals surface area contributed by atoms with Crippen molar-refractivity contribution in [2.24, 2.45) is 5.73 Å². The molecule has 0 fully saturated rings. The summed E-state index contributed by atoms with van der Waals surface area (Å²) in [7, 11) is 0. The van der Waals surface area contributed by atoms with Gasteiger partial charge in [0.05, 0.1) is 4.92 Å². The largest absolute Gasteiger partial charge is 0.439 e. The van der Waals surface area contributed by atoms with Crippen LogP contribution in [0.2, 0.25) is 0 Å². The molecular formula is C14H15N3O3. The lowest BCUT2D eigenvalue weighted by Crippen LogP contribution is -1.99. The molecule has 0 unspecified atom stereocenters. The molecule has 0 aliphatic carbocycles. The Bertz CT molecular complexity index is 656. The highest BCUT2D eigenvalue weighted by molar-refractivity contribution is 5.45. The van der Waals surface area contributed by atoms with Crippen molar-refractivity contribution in [2.45, 2.75) is 20.4 Å². The van der Waals surface area contributed by atoms with Gasteiger partial charge in [-0.05, 0) is 37.6 Å². The van der Waals surface area contributed by atoms with Gasteiger partial charge in [0.15, 0.2) is 0 Å². The zero-order valence-electron chi connectivity index (χ0n) is 11.3. The van der Waals surface area contributed by atoms with E-state index in [1.54, 1.807) is 25.3 Å². The molecule has 0 saturated carbocycles. The number of nitrogens with two attached hydrogens (primary N) is 1. The maximum absolute atomic E-state index is 10.8. The number of pyridine rings is 1. The van der Waals surface area contributed by atoms with E-state index in [0.29, 0.717) is 23.7 Å². The summed E-state index contributed by atoms with van der Waals surface area (Å²) in [6.07, 6.45) is 1.65. The van der Waals surface area contributed by atoms with Crippen LogP contribution >= 0.6 is 0 Å². The Morgan fingerprint density at radius 1 is 1.30 bits per heavy atom. The maximum atomic E-state index is 10.8. The number of rotatable bonds is 4. The monoisotopic (exact) mass is 273 g/mol. The van der Waals surface area contributed by atoms with Crippen LogP contribution in [0.3, 0.4) is 0 Å². The van der Waals surface area contributed by atoms with Crippen molar-refractivity contribution < 1.29 is 9.66 Å². The number of hydrogen-bond donors (Lipinski definition) is 1. The Morgan fingerprint density at radius 3 is 2.60 bits per heavy atom. The van der Waals surface area contributed by atoms with Gasteiger partial charge < -0.3 is 10.5 Å². The van der Waals surface area contributed by atoms with Gasteiger partial charge in [0, 0.05) is 29.9 Å². The lowest BCUT2D eigenvalue weighted by Gasteiger charge is -2.09. The molecule has 0 aliphatic rings. The zero-order chi connectivity index (χ0) is 14.7. The van der Waals surface area contributed by atoms with E-state index in [2.05, 4.69) is 4.98 Å². The Labute approximate surface area is 116 Å². The van der Waals surface area contributed by atoms with E-state index >= 15 is 0 Å². The SMILES string of the molecule is Cc1cc(Oc2ncc(CN)cc2C)ccc1[N+](=O)[O-]. The minimum atomic E-state index is -0.418. The van der Waals surface area contributed by atoms with Crippen LogP contribution in [-0.4, -0.2) is 9.91 Å². The number of aromatic nitrogens is 1. The van der Waals surface area contributed by atoms with Gasteiger partial charge in [-0.3, -0.25) is 10.1 Å². The van der Waals surface area contributed by atoms with Crippen LogP contribution in [0, 0.1) is 24.0 Å². The minimum Gasteiger partial charge on any atom is -0.439 e. The molecule has 6 nitrogen and oxygen atoms in total. The van der Waals surface area contributed by atoms with E-state index in [1.165, 1.54) is 6.07 Å². The summed E-state index contributed by atoms with van der Waals surface area (Å²) in [5.74, 6) is 0.986. The van der Waals surface area contributed by atoms with Crippen LogP contribution < -0.4 is 10.5 Å². The minimum absolute atomic E-state index is 0.0699. The van der Waals surface area contributed by atoms with Crippen molar-refractivity contribution in [1.82, 2.24) is 4.98 Å². The third-order valence-electron chi connectivity index (χ3n) is 2.90. The first-order valence-electron chi connectivity index (χ1n) is 6.09. The molecule has 1 aromatic carbocycles. The molecule has 1 heterocycles. The van der Waals surface area contributed by atoms with Crippen LogP contribution in [0.1, 0.15) is 16.7 Å². The lowest BCUT2D eigenvalue weighted by molar-refractivity contribution is -0.385. The third-order valence-corrected chi connectivity index (χ3v) is 2.90. The number of benzene rings is 1. The number of nitro benzene ring substituents is 1. The van der Waals surface area contributed by atoms with Crippen LogP contribution in [0.5, 0.6) is 11.6 Å². The number of ether oxygens (including phenoxy) is 1. The number of nitrogens with zero attached hydrogens (tertiary/aromatic N) is 2. The lowest BCUT2D eigenvalue weighted by atomic mass is 10.2. The molecule has 0 bridgehead atoms. The molecule has 1 aromatic heterocycles. The summed E-state index contributed by atoms with van der Waals surface area (Å²) in [5.41, 5.74) is 7.95. The van der Waals surface area contributed by atoms with E-state index < -0.39 is 4.92 Å². The van der Waals surface area contributed by atoms with Crippen molar-refractivity contribution in [3.63, 3.8) is 0 Å². The van der Waals surface area contributed by atoms with Gasteiger partial charge in [0.1, 0.15) is 5.75 Å². The second kappa shape index (κ2) is 5.66. The van der Waals surface area contributed by atoms with E-state index in [9.17, 15) is 10.1 Å². The van der Waals surface area contributed by atoms with Gasteiger partial charge in [-0.25, -0.2) is 4.98 Å². The Kier molecular flexibility index (Phi) is 3.95. The molecule has 0 aliphatic heterocycles. The van der Waals surface area contributed by atoms with E-state index in [4.69, 9.17) is 10.5 Å². The fourth-order valence-corrected chi connectivity index (χ4v) is 1.85. The average molecular weight is 273 g/mol. The number of nitro groups is 1. The normalized spacial score (nSPS) is 10.3. The molecule has 2 rings (SSSR count). The molecule has 0 atom stereocenters. The van der Waals surface area contributed by atoms with Gasteiger partial charge in [-0.2, -0.15) is 0 Å². The highest BCUT2D eigenvalue weighted by Gasteiger charge is 2.12. The molecule has 0 radical (unpaired) electrons. The number of hydrogen-bond acceptors (Lipinski definition) is 5. The van der Waals surface area contributed by atoms with Crippen molar-refractivity contribution in [2.75, 3.05) is 0 Å². The first-order chi connectivity index (χ1) is 9.51. The summed E-state index contributed by atoms with van der Waals surface area (Å²) >= 11 is 0. The Hall–Kier alpha value is -2.47. The van der Waals surface area contributed by atoms with Crippen molar-refractivity contribution >= 4 is 5.69 Å². The van der Waals surface area contributed by atoms with Gasteiger partial charge in [-0.15, -0.1) is 0 Å². The second-order valence-electron chi connectivity index (χ2n) is 4.48. The van der Waals surface area contributed by atoms with Crippen molar-refractivity contribution in [1.29, 1.82) is 0 Å².